The van der Waals surface area contributed by atoms with Crippen molar-refractivity contribution >= 4 is 5.96 Å². The van der Waals surface area contributed by atoms with Gasteiger partial charge in [0.05, 0.1) is 5.69 Å². The SMILES string of the molecule is CN=C(NCCc1coc(-c2ccc(F)cc2)n1)NCC(C)(C)c1ccccc1. The van der Waals surface area contributed by atoms with E-state index in [1.807, 2.05) is 6.07 Å². The first-order chi connectivity index (χ1) is 14.0. The quantitative estimate of drug-likeness (QED) is 0.466. The van der Waals surface area contributed by atoms with Crippen LogP contribution in [0.15, 0.2) is 70.3 Å². The van der Waals surface area contributed by atoms with Gasteiger partial charge in [-0.3, -0.25) is 4.99 Å². The molecule has 2 aromatic carbocycles. The van der Waals surface area contributed by atoms with E-state index in [9.17, 15) is 4.39 Å². The summed E-state index contributed by atoms with van der Waals surface area (Å²) in [5.41, 5.74) is 2.84. The molecule has 0 aliphatic heterocycles. The van der Waals surface area contributed by atoms with Gasteiger partial charge in [-0.05, 0) is 29.8 Å². The van der Waals surface area contributed by atoms with Crippen molar-refractivity contribution < 1.29 is 8.81 Å². The van der Waals surface area contributed by atoms with E-state index < -0.39 is 0 Å². The zero-order chi connectivity index (χ0) is 20.7. The lowest BCUT2D eigenvalue weighted by Crippen LogP contribution is -2.44. The maximum atomic E-state index is 13.0. The number of aliphatic imine (C=N–C) groups is 1. The number of guanidine groups is 1. The molecule has 3 rings (SSSR count). The van der Waals surface area contributed by atoms with Crippen LogP contribution in [0, 0.1) is 5.82 Å². The number of nitrogens with zero attached hydrogens (tertiary/aromatic N) is 2. The molecule has 152 valence electrons. The third-order valence-corrected chi connectivity index (χ3v) is 4.79. The molecule has 3 aromatic rings. The molecule has 0 atom stereocenters. The van der Waals surface area contributed by atoms with Crippen molar-refractivity contribution in [3.05, 3.63) is 77.9 Å². The molecular weight excluding hydrogens is 367 g/mol. The number of rotatable bonds is 7. The number of nitrogens with one attached hydrogen (secondary N) is 2. The molecule has 0 aliphatic rings. The number of hydrogen-bond acceptors (Lipinski definition) is 3. The van der Waals surface area contributed by atoms with Crippen molar-refractivity contribution in [1.29, 1.82) is 0 Å². The van der Waals surface area contributed by atoms with E-state index in [1.54, 1.807) is 25.4 Å². The van der Waals surface area contributed by atoms with Gasteiger partial charge in [0.25, 0.3) is 0 Å². The lowest BCUT2D eigenvalue weighted by atomic mass is 9.85. The predicted molar refractivity (Wildman–Crippen MR) is 114 cm³/mol. The maximum absolute atomic E-state index is 13.0. The van der Waals surface area contributed by atoms with Crippen LogP contribution in [0.5, 0.6) is 0 Å². The summed E-state index contributed by atoms with van der Waals surface area (Å²) in [4.78, 5) is 8.76. The van der Waals surface area contributed by atoms with E-state index in [0.29, 0.717) is 18.9 Å². The normalized spacial score (nSPS) is 12.1. The Balaban J connectivity index is 1.48. The maximum Gasteiger partial charge on any atom is 0.226 e. The van der Waals surface area contributed by atoms with Gasteiger partial charge < -0.3 is 15.1 Å². The van der Waals surface area contributed by atoms with Crippen LogP contribution < -0.4 is 10.6 Å². The van der Waals surface area contributed by atoms with Gasteiger partial charge in [0.1, 0.15) is 12.1 Å². The van der Waals surface area contributed by atoms with Crippen LogP contribution >= 0.6 is 0 Å². The molecule has 0 saturated carbocycles. The van der Waals surface area contributed by atoms with Crippen molar-refractivity contribution in [2.45, 2.75) is 25.7 Å². The molecule has 0 radical (unpaired) electrons. The van der Waals surface area contributed by atoms with Crippen LogP contribution in [-0.2, 0) is 11.8 Å². The molecule has 5 nitrogen and oxygen atoms in total. The molecule has 1 heterocycles. The Kier molecular flexibility index (Phi) is 6.65. The summed E-state index contributed by atoms with van der Waals surface area (Å²) >= 11 is 0. The van der Waals surface area contributed by atoms with Gasteiger partial charge in [0.2, 0.25) is 5.89 Å². The predicted octanol–water partition coefficient (Wildman–Crippen LogP) is 4.17. The van der Waals surface area contributed by atoms with Gasteiger partial charge in [-0.2, -0.15) is 0 Å². The lowest BCUT2D eigenvalue weighted by Gasteiger charge is -2.26. The Hall–Kier alpha value is -3.15. The summed E-state index contributed by atoms with van der Waals surface area (Å²) in [6, 6.07) is 16.5. The standard InChI is InChI=1S/C23H27FN4O/c1-23(2,18-7-5-4-6-8-18)16-27-22(25-3)26-14-13-20-15-29-21(28-20)17-9-11-19(24)12-10-17/h4-12,15H,13-14,16H2,1-3H3,(H2,25,26,27). The van der Waals surface area contributed by atoms with E-state index in [1.165, 1.54) is 17.7 Å². The summed E-state index contributed by atoms with van der Waals surface area (Å²) in [5.74, 6) is 0.961. The largest absolute Gasteiger partial charge is 0.444 e. The number of benzene rings is 2. The summed E-state index contributed by atoms with van der Waals surface area (Å²) in [6.07, 6.45) is 2.32. The fourth-order valence-electron chi connectivity index (χ4n) is 2.97. The Morgan fingerprint density at radius 2 is 1.79 bits per heavy atom. The lowest BCUT2D eigenvalue weighted by molar-refractivity contribution is 0.508. The first-order valence-electron chi connectivity index (χ1n) is 9.68. The highest BCUT2D eigenvalue weighted by molar-refractivity contribution is 5.79. The van der Waals surface area contributed by atoms with Crippen LogP contribution in [0.4, 0.5) is 4.39 Å². The van der Waals surface area contributed by atoms with Crippen molar-refractivity contribution in [3.8, 4) is 11.5 Å². The summed E-state index contributed by atoms with van der Waals surface area (Å²) in [7, 11) is 1.76. The third-order valence-electron chi connectivity index (χ3n) is 4.79. The average Bonchev–Trinajstić information content (AvgIpc) is 3.20. The zero-order valence-electron chi connectivity index (χ0n) is 17.1. The second-order valence-corrected chi connectivity index (χ2v) is 7.50. The molecule has 0 saturated heterocycles. The van der Waals surface area contributed by atoms with Crippen molar-refractivity contribution in [2.24, 2.45) is 4.99 Å². The Labute approximate surface area is 171 Å². The summed E-state index contributed by atoms with van der Waals surface area (Å²) in [5, 5.41) is 6.70. The summed E-state index contributed by atoms with van der Waals surface area (Å²) in [6.45, 7) is 5.83. The molecule has 0 amide bonds. The van der Waals surface area contributed by atoms with E-state index in [2.05, 4.69) is 58.7 Å². The minimum atomic E-state index is -0.279. The van der Waals surface area contributed by atoms with Crippen LogP contribution in [0.25, 0.3) is 11.5 Å². The molecular formula is C23H27FN4O. The highest BCUT2D eigenvalue weighted by Crippen LogP contribution is 2.21. The fourth-order valence-corrected chi connectivity index (χ4v) is 2.97. The molecule has 0 fully saturated rings. The first-order valence-corrected chi connectivity index (χ1v) is 9.68. The smallest absolute Gasteiger partial charge is 0.226 e. The van der Waals surface area contributed by atoms with Crippen LogP contribution in [0.2, 0.25) is 0 Å². The van der Waals surface area contributed by atoms with Gasteiger partial charge >= 0.3 is 0 Å². The van der Waals surface area contributed by atoms with E-state index in [4.69, 9.17) is 4.42 Å². The highest BCUT2D eigenvalue weighted by Gasteiger charge is 2.20. The molecule has 0 bridgehead atoms. The minimum Gasteiger partial charge on any atom is -0.444 e. The van der Waals surface area contributed by atoms with Crippen molar-refractivity contribution in [3.63, 3.8) is 0 Å². The van der Waals surface area contributed by atoms with Gasteiger partial charge in [0, 0.05) is 37.5 Å². The topological polar surface area (TPSA) is 62.5 Å². The summed E-state index contributed by atoms with van der Waals surface area (Å²) < 4.78 is 18.5. The number of halogens is 1. The second kappa shape index (κ2) is 9.37. The first kappa shape index (κ1) is 20.6. The molecule has 0 unspecified atom stereocenters. The molecule has 0 aliphatic carbocycles. The van der Waals surface area contributed by atoms with Gasteiger partial charge in [-0.15, -0.1) is 0 Å². The van der Waals surface area contributed by atoms with Gasteiger partial charge in [-0.25, -0.2) is 9.37 Å². The van der Waals surface area contributed by atoms with Crippen LogP contribution in [0.3, 0.4) is 0 Å². The number of oxazole rings is 1. The second-order valence-electron chi connectivity index (χ2n) is 7.50. The fraction of sp³-hybridized carbons (Fsp3) is 0.304. The molecule has 2 N–H and O–H groups in total. The molecule has 29 heavy (non-hydrogen) atoms. The van der Waals surface area contributed by atoms with Gasteiger partial charge in [-0.1, -0.05) is 44.2 Å². The average molecular weight is 394 g/mol. The van der Waals surface area contributed by atoms with Crippen LogP contribution in [-0.4, -0.2) is 31.1 Å². The van der Waals surface area contributed by atoms with Gasteiger partial charge in [0.15, 0.2) is 5.96 Å². The third kappa shape index (κ3) is 5.67. The van der Waals surface area contributed by atoms with Crippen molar-refractivity contribution in [1.82, 2.24) is 15.6 Å². The molecule has 0 spiro atoms. The minimum absolute atomic E-state index is 0.0188. The highest BCUT2D eigenvalue weighted by atomic mass is 19.1. The van der Waals surface area contributed by atoms with E-state index >= 15 is 0 Å². The number of hydrogen-bond donors (Lipinski definition) is 2. The van der Waals surface area contributed by atoms with Crippen LogP contribution in [0.1, 0.15) is 25.1 Å². The Morgan fingerprint density at radius 3 is 2.48 bits per heavy atom. The monoisotopic (exact) mass is 394 g/mol. The number of aromatic nitrogens is 1. The molecule has 1 aromatic heterocycles. The molecule has 6 heteroatoms. The van der Waals surface area contributed by atoms with Crippen molar-refractivity contribution in [2.75, 3.05) is 20.1 Å². The Bertz CT molecular complexity index is 933. The Morgan fingerprint density at radius 1 is 1.07 bits per heavy atom. The van der Waals surface area contributed by atoms with E-state index in [-0.39, 0.29) is 11.2 Å². The van der Waals surface area contributed by atoms with E-state index in [0.717, 1.165) is 23.8 Å². The zero-order valence-corrected chi connectivity index (χ0v) is 17.1.